The number of hydrogen-bond acceptors (Lipinski definition) is 0. The second-order valence-electron chi connectivity index (χ2n) is 3.75. The van der Waals surface area contributed by atoms with Gasteiger partial charge in [0.25, 0.3) is 0 Å². The van der Waals surface area contributed by atoms with E-state index in [0.29, 0.717) is 0 Å². The van der Waals surface area contributed by atoms with Crippen LogP contribution in [-0.4, -0.2) is 17.7 Å². The van der Waals surface area contributed by atoms with Crippen molar-refractivity contribution in [1.82, 2.24) is 0 Å². The minimum Gasteiger partial charge on any atom is -0.170 e. The summed E-state index contributed by atoms with van der Waals surface area (Å²) in [5.41, 5.74) is -3.55. The largest absolute Gasteiger partial charge is 0.403 e. The standard InChI is InChI=1S/C8H9ClF6/c9-5-1-3-6(4-2-5,7(10,11)12)8(13,14)15/h5H,1-4H2. The highest BCUT2D eigenvalue weighted by Gasteiger charge is 2.70. The molecule has 0 unspecified atom stereocenters. The quantitative estimate of drug-likeness (QED) is 0.447. The summed E-state index contributed by atoms with van der Waals surface area (Å²) in [7, 11) is 0. The van der Waals surface area contributed by atoms with E-state index in [1.165, 1.54) is 0 Å². The van der Waals surface area contributed by atoms with Crippen LogP contribution in [-0.2, 0) is 0 Å². The lowest BCUT2D eigenvalue weighted by Crippen LogP contribution is -2.52. The van der Waals surface area contributed by atoms with Gasteiger partial charge in [0.2, 0.25) is 0 Å². The minimum absolute atomic E-state index is 0.249. The molecule has 1 saturated carbocycles. The number of rotatable bonds is 0. The van der Waals surface area contributed by atoms with Crippen LogP contribution >= 0.6 is 11.6 Å². The summed E-state index contributed by atoms with van der Waals surface area (Å²) in [6, 6.07) is 0. The minimum atomic E-state index is -5.25. The summed E-state index contributed by atoms with van der Waals surface area (Å²) >= 11 is 5.51. The van der Waals surface area contributed by atoms with E-state index in [2.05, 4.69) is 0 Å². The van der Waals surface area contributed by atoms with E-state index in [1.807, 2.05) is 0 Å². The molecule has 0 N–H and O–H groups in total. The van der Waals surface area contributed by atoms with Crippen molar-refractivity contribution in [2.24, 2.45) is 5.41 Å². The molecule has 0 aromatic heterocycles. The van der Waals surface area contributed by atoms with Gasteiger partial charge in [-0.2, -0.15) is 26.3 Å². The van der Waals surface area contributed by atoms with Crippen molar-refractivity contribution in [2.45, 2.75) is 43.4 Å². The normalized spacial score (nSPS) is 24.2. The van der Waals surface area contributed by atoms with Crippen LogP contribution in [0.5, 0.6) is 0 Å². The predicted octanol–water partition coefficient (Wildman–Crippen LogP) is 4.28. The Kier molecular flexibility index (Phi) is 3.20. The molecule has 1 aliphatic carbocycles. The lowest BCUT2D eigenvalue weighted by atomic mass is 9.72. The average Bonchev–Trinajstić information content (AvgIpc) is 2.00. The van der Waals surface area contributed by atoms with Gasteiger partial charge >= 0.3 is 12.4 Å². The molecule has 0 heterocycles. The third-order valence-electron chi connectivity index (χ3n) is 2.85. The SMILES string of the molecule is FC(F)(F)C1(C(F)(F)F)CCC(Cl)CC1. The van der Waals surface area contributed by atoms with Crippen molar-refractivity contribution in [3.63, 3.8) is 0 Å². The van der Waals surface area contributed by atoms with Gasteiger partial charge in [0.05, 0.1) is 0 Å². The van der Waals surface area contributed by atoms with Crippen LogP contribution in [0.25, 0.3) is 0 Å². The molecule has 1 aliphatic rings. The summed E-state index contributed by atoms with van der Waals surface area (Å²) in [6.07, 6.45) is -12.9. The smallest absolute Gasteiger partial charge is 0.170 e. The molecular formula is C8H9ClF6. The topological polar surface area (TPSA) is 0 Å². The van der Waals surface area contributed by atoms with Crippen molar-refractivity contribution >= 4 is 11.6 Å². The van der Waals surface area contributed by atoms with Gasteiger partial charge in [-0.3, -0.25) is 0 Å². The van der Waals surface area contributed by atoms with Gasteiger partial charge in [0, 0.05) is 5.38 Å². The zero-order valence-electron chi connectivity index (χ0n) is 7.55. The third-order valence-corrected chi connectivity index (χ3v) is 3.29. The predicted molar refractivity (Wildman–Crippen MR) is 42.7 cm³/mol. The molecule has 0 saturated heterocycles. The molecule has 0 bridgehead atoms. The zero-order valence-corrected chi connectivity index (χ0v) is 8.31. The van der Waals surface area contributed by atoms with Crippen LogP contribution < -0.4 is 0 Å². The Hall–Kier alpha value is -0.130. The fourth-order valence-electron chi connectivity index (χ4n) is 1.80. The molecule has 90 valence electrons. The first kappa shape index (κ1) is 12.9. The first-order chi connectivity index (χ1) is 6.60. The lowest BCUT2D eigenvalue weighted by Gasteiger charge is -2.41. The summed E-state index contributed by atoms with van der Waals surface area (Å²) < 4.78 is 74.7. The van der Waals surface area contributed by atoms with Gasteiger partial charge < -0.3 is 0 Å². The van der Waals surface area contributed by atoms with E-state index < -0.39 is 36.0 Å². The maximum atomic E-state index is 12.5. The van der Waals surface area contributed by atoms with Crippen LogP contribution in [0.1, 0.15) is 25.7 Å². The maximum Gasteiger partial charge on any atom is 0.403 e. The molecule has 0 aromatic rings. The van der Waals surface area contributed by atoms with Gasteiger partial charge in [0.1, 0.15) is 0 Å². The summed E-state index contributed by atoms with van der Waals surface area (Å²) in [6.45, 7) is 0. The van der Waals surface area contributed by atoms with E-state index in [9.17, 15) is 26.3 Å². The van der Waals surface area contributed by atoms with Crippen LogP contribution in [0.4, 0.5) is 26.3 Å². The van der Waals surface area contributed by atoms with Gasteiger partial charge in [0.15, 0.2) is 5.41 Å². The first-order valence-corrected chi connectivity index (χ1v) is 4.81. The van der Waals surface area contributed by atoms with E-state index >= 15 is 0 Å². The summed E-state index contributed by atoms with van der Waals surface area (Å²) in [4.78, 5) is 0. The van der Waals surface area contributed by atoms with Crippen LogP contribution in [0.15, 0.2) is 0 Å². The van der Waals surface area contributed by atoms with Crippen LogP contribution in [0, 0.1) is 5.41 Å². The molecule has 15 heavy (non-hydrogen) atoms. The molecule has 0 atom stereocenters. The molecule has 0 aromatic carbocycles. The second-order valence-corrected chi connectivity index (χ2v) is 4.37. The number of halogens is 7. The highest BCUT2D eigenvalue weighted by Crippen LogP contribution is 2.58. The fourth-order valence-corrected chi connectivity index (χ4v) is 2.02. The molecule has 1 rings (SSSR count). The van der Waals surface area contributed by atoms with Gasteiger partial charge in [-0.15, -0.1) is 11.6 Å². The molecule has 0 nitrogen and oxygen atoms in total. The Morgan fingerprint density at radius 2 is 1.20 bits per heavy atom. The highest BCUT2D eigenvalue weighted by molar-refractivity contribution is 6.20. The Bertz CT molecular complexity index is 206. The Morgan fingerprint density at radius 3 is 1.47 bits per heavy atom. The van der Waals surface area contributed by atoms with E-state index in [-0.39, 0.29) is 12.8 Å². The zero-order chi connectivity index (χ0) is 11.9. The van der Waals surface area contributed by atoms with E-state index in [0.717, 1.165) is 0 Å². The van der Waals surface area contributed by atoms with Gasteiger partial charge in [-0.05, 0) is 25.7 Å². The molecular weight excluding hydrogens is 246 g/mol. The number of alkyl halides is 7. The van der Waals surface area contributed by atoms with Gasteiger partial charge in [-0.1, -0.05) is 0 Å². The second kappa shape index (κ2) is 3.71. The first-order valence-electron chi connectivity index (χ1n) is 4.38. The highest BCUT2D eigenvalue weighted by atomic mass is 35.5. The van der Waals surface area contributed by atoms with E-state index in [1.54, 1.807) is 0 Å². The Balaban J connectivity index is 2.99. The Morgan fingerprint density at radius 1 is 0.867 bits per heavy atom. The Labute approximate surface area is 87.6 Å². The molecule has 0 aliphatic heterocycles. The van der Waals surface area contributed by atoms with Gasteiger partial charge in [-0.25, -0.2) is 0 Å². The molecule has 7 heteroatoms. The van der Waals surface area contributed by atoms with Crippen molar-refractivity contribution in [1.29, 1.82) is 0 Å². The van der Waals surface area contributed by atoms with Crippen LogP contribution in [0.2, 0.25) is 0 Å². The van der Waals surface area contributed by atoms with E-state index in [4.69, 9.17) is 11.6 Å². The molecule has 0 amide bonds. The molecule has 1 fully saturated rings. The molecule has 0 radical (unpaired) electrons. The van der Waals surface area contributed by atoms with Crippen LogP contribution in [0.3, 0.4) is 0 Å². The fraction of sp³-hybridized carbons (Fsp3) is 1.00. The van der Waals surface area contributed by atoms with Crippen molar-refractivity contribution in [3.05, 3.63) is 0 Å². The summed E-state index contributed by atoms with van der Waals surface area (Å²) in [5.74, 6) is 0. The van der Waals surface area contributed by atoms with Crippen molar-refractivity contribution in [2.75, 3.05) is 0 Å². The van der Waals surface area contributed by atoms with Crippen molar-refractivity contribution < 1.29 is 26.3 Å². The third kappa shape index (κ3) is 2.19. The lowest BCUT2D eigenvalue weighted by molar-refractivity contribution is -0.349. The average molecular weight is 255 g/mol. The maximum absolute atomic E-state index is 12.5. The molecule has 0 spiro atoms. The summed E-state index contributed by atoms with van der Waals surface area (Å²) in [5, 5.41) is -0.581. The monoisotopic (exact) mass is 254 g/mol. The number of hydrogen-bond donors (Lipinski definition) is 0. The van der Waals surface area contributed by atoms with Crippen molar-refractivity contribution in [3.8, 4) is 0 Å².